The van der Waals surface area contributed by atoms with Gasteiger partial charge in [0, 0.05) is 36.0 Å². The number of H-pyrrole nitrogens is 1. The number of aromatic amines is 1. The number of amides is 1. The predicted octanol–water partition coefficient (Wildman–Crippen LogP) is 1.62. The monoisotopic (exact) mass is 329 g/mol. The number of aromatic nitrogens is 1. The Hall–Kier alpha value is -0.850. The van der Waals surface area contributed by atoms with Gasteiger partial charge in [-0.15, -0.1) is 0 Å². The molecule has 0 saturated carbocycles. The minimum atomic E-state index is -0.0709. The fourth-order valence-electron chi connectivity index (χ4n) is 2.37. The standard InChI is InChI=1S/C13H20BrN3O2/c1-17(2)13(3-5-19-6-4-13)9-16-12(18)11-7-10(14)8-15-11/h7-8,15H,3-6,9H2,1-2H3,(H,16,18). The molecule has 0 aromatic carbocycles. The molecule has 6 heteroatoms. The van der Waals surface area contributed by atoms with Crippen LogP contribution < -0.4 is 5.32 Å². The summed E-state index contributed by atoms with van der Waals surface area (Å²) in [5, 5.41) is 3.02. The van der Waals surface area contributed by atoms with Crippen LogP contribution in [0.15, 0.2) is 16.7 Å². The highest BCUT2D eigenvalue weighted by atomic mass is 79.9. The van der Waals surface area contributed by atoms with Crippen LogP contribution in [0.25, 0.3) is 0 Å². The Bertz CT molecular complexity index is 439. The number of nitrogens with zero attached hydrogens (tertiary/aromatic N) is 1. The molecule has 0 spiro atoms. The molecule has 2 heterocycles. The second-order valence-corrected chi connectivity index (χ2v) is 6.06. The predicted molar refractivity (Wildman–Crippen MR) is 77.3 cm³/mol. The van der Waals surface area contributed by atoms with E-state index in [-0.39, 0.29) is 11.4 Å². The van der Waals surface area contributed by atoms with Crippen molar-refractivity contribution in [3.8, 4) is 0 Å². The molecule has 1 aliphatic heterocycles. The van der Waals surface area contributed by atoms with Crippen molar-refractivity contribution in [1.29, 1.82) is 0 Å². The number of halogens is 1. The van der Waals surface area contributed by atoms with Gasteiger partial charge in [0.15, 0.2) is 0 Å². The number of carbonyl (C=O) groups is 1. The summed E-state index contributed by atoms with van der Waals surface area (Å²) in [6.45, 7) is 2.14. The highest BCUT2D eigenvalue weighted by Gasteiger charge is 2.35. The molecular formula is C13H20BrN3O2. The average molecular weight is 330 g/mol. The summed E-state index contributed by atoms with van der Waals surface area (Å²) in [6, 6.07) is 1.78. The number of ether oxygens (including phenoxy) is 1. The van der Waals surface area contributed by atoms with Crippen LogP contribution in [-0.4, -0.2) is 55.2 Å². The lowest BCUT2D eigenvalue weighted by Crippen LogP contribution is -2.55. The molecule has 5 nitrogen and oxygen atoms in total. The van der Waals surface area contributed by atoms with E-state index in [0.717, 1.165) is 30.5 Å². The van der Waals surface area contributed by atoms with Crippen LogP contribution in [0.5, 0.6) is 0 Å². The number of likely N-dealkylation sites (N-methyl/N-ethyl adjacent to an activating group) is 1. The molecule has 2 rings (SSSR count). The summed E-state index contributed by atoms with van der Waals surface area (Å²) in [7, 11) is 4.12. The Labute approximate surface area is 121 Å². The number of carbonyl (C=O) groups excluding carboxylic acids is 1. The number of hydrogen-bond acceptors (Lipinski definition) is 3. The van der Waals surface area contributed by atoms with Gasteiger partial charge in [-0.05, 0) is 48.9 Å². The second-order valence-electron chi connectivity index (χ2n) is 5.15. The second kappa shape index (κ2) is 6.07. The maximum absolute atomic E-state index is 12.1. The molecule has 0 aliphatic carbocycles. The molecule has 0 bridgehead atoms. The van der Waals surface area contributed by atoms with Crippen molar-refractivity contribution >= 4 is 21.8 Å². The molecule has 0 radical (unpaired) electrons. The van der Waals surface area contributed by atoms with Gasteiger partial charge in [0.1, 0.15) is 5.69 Å². The average Bonchev–Trinajstić information content (AvgIpc) is 2.83. The topological polar surface area (TPSA) is 57.4 Å². The van der Waals surface area contributed by atoms with Crippen LogP contribution in [0, 0.1) is 0 Å². The van der Waals surface area contributed by atoms with E-state index in [0.29, 0.717) is 12.2 Å². The highest BCUT2D eigenvalue weighted by Crippen LogP contribution is 2.25. The quantitative estimate of drug-likeness (QED) is 0.882. The van der Waals surface area contributed by atoms with Gasteiger partial charge in [-0.25, -0.2) is 0 Å². The molecule has 106 valence electrons. The van der Waals surface area contributed by atoms with Crippen molar-refractivity contribution in [2.75, 3.05) is 33.9 Å². The van der Waals surface area contributed by atoms with Crippen molar-refractivity contribution in [3.63, 3.8) is 0 Å². The van der Waals surface area contributed by atoms with E-state index >= 15 is 0 Å². The number of rotatable bonds is 4. The number of nitrogens with one attached hydrogen (secondary N) is 2. The van der Waals surface area contributed by atoms with Crippen LogP contribution in [0.1, 0.15) is 23.3 Å². The fourth-order valence-corrected chi connectivity index (χ4v) is 2.72. The molecule has 0 unspecified atom stereocenters. The Morgan fingerprint density at radius 1 is 1.53 bits per heavy atom. The lowest BCUT2D eigenvalue weighted by atomic mass is 9.88. The molecule has 1 saturated heterocycles. The smallest absolute Gasteiger partial charge is 0.267 e. The van der Waals surface area contributed by atoms with Gasteiger partial charge in [0.25, 0.3) is 5.91 Å². The molecule has 0 atom stereocenters. The van der Waals surface area contributed by atoms with Gasteiger partial charge >= 0.3 is 0 Å². The van der Waals surface area contributed by atoms with Crippen LogP contribution >= 0.6 is 15.9 Å². The zero-order valence-corrected chi connectivity index (χ0v) is 12.9. The summed E-state index contributed by atoms with van der Waals surface area (Å²) in [5.41, 5.74) is 0.574. The summed E-state index contributed by atoms with van der Waals surface area (Å²) in [5.74, 6) is -0.0709. The zero-order valence-electron chi connectivity index (χ0n) is 11.3. The van der Waals surface area contributed by atoms with Crippen molar-refractivity contribution in [3.05, 3.63) is 22.4 Å². The Morgan fingerprint density at radius 3 is 2.74 bits per heavy atom. The van der Waals surface area contributed by atoms with Gasteiger partial charge in [-0.2, -0.15) is 0 Å². The first-order valence-corrected chi connectivity index (χ1v) is 7.20. The minimum Gasteiger partial charge on any atom is -0.381 e. The number of hydrogen-bond donors (Lipinski definition) is 2. The first-order chi connectivity index (χ1) is 9.03. The fraction of sp³-hybridized carbons (Fsp3) is 0.615. The van der Waals surface area contributed by atoms with E-state index in [1.165, 1.54) is 0 Å². The Balaban J connectivity index is 1.97. The van der Waals surface area contributed by atoms with Crippen LogP contribution in [0.4, 0.5) is 0 Å². The molecular weight excluding hydrogens is 310 g/mol. The van der Waals surface area contributed by atoms with Crippen LogP contribution in [-0.2, 0) is 4.74 Å². The summed E-state index contributed by atoms with van der Waals surface area (Å²) >= 11 is 3.33. The molecule has 1 aromatic rings. The summed E-state index contributed by atoms with van der Waals surface area (Å²) in [4.78, 5) is 17.2. The summed E-state index contributed by atoms with van der Waals surface area (Å²) < 4.78 is 6.30. The Kier molecular flexibility index (Phi) is 4.65. The first kappa shape index (κ1) is 14.6. The van der Waals surface area contributed by atoms with Gasteiger partial charge < -0.3 is 19.9 Å². The minimum absolute atomic E-state index is 0.00225. The SMILES string of the molecule is CN(C)C1(CNC(=O)c2cc(Br)c[nH]2)CCOCC1. The summed E-state index contributed by atoms with van der Waals surface area (Å²) in [6.07, 6.45) is 3.63. The van der Waals surface area contributed by atoms with Crippen molar-refractivity contribution in [2.24, 2.45) is 0 Å². The van der Waals surface area contributed by atoms with Crippen LogP contribution in [0.3, 0.4) is 0 Å². The zero-order chi connectivity index (χ0) is 13.9. The highest BCUT2D eigenvalue weighted by molar-refractivity contribution is 9.10. The van der Waals surface area contributed by atoms with Gasteiger partial charge in [0.05, 0.1) is 0 Å². The molecule has 1 fully saturated rings. The van der Waals surface area contributed by atoms with E-state index in [9.17, 15) is 4.79 Å². The molecule has 1 amide bonds. The maximum Gasteiger partial charge on any atom is 0.267 e. The van der Waals surface area contributed by atoms with Gasteiger partial charge in [0.2, 0.25) is 0 Å². The molecule has 2 N–H and O–H groups in total. The lowest BCUT2D eigenvalue weighted by molar-refractivity contribution is -0.00659. The van der Waals surface area contributed by atoms with E-state index in [1.54, 1.807) is 12.3 Å². The lowest BCUT2D eigenvalue weighted by Gasteiger charge is -2.42. The third-order valence-electron chi connectivity index (χ3n) is 3.84. The van der Waals surface area contributed by atoms with Gasteiger partial charge in [-0.3, -0.25) is 4.79 Å². The Morgan fingerprint density at radius 2 is 2.21 bits per heavy atom. The maximum atomic E-state index is 12.1. The van der Waals surface area contributed by atoms with Crippen molar-refractivity contribution in [2.45, 2.75) is 18.4 Å². The first-order valence-electron chi connectivity index (χ1n) is 6.41. The van der Waals surface area contributed by atoms with E-state index in [2.05, 4.69) is 45.2 Å². The van der Waals surface area contributed by atoms with Crippen LogP contribution in [0.2, 0.25) is 0 Å². The molecule has 1 aliphatic rings. The molecule has 1 aromatic heterocycles. The van der Waals surface area contributed by atoms with Crippen molar-refractivity contribution in [1.82, 2.24) is 15.2 Å². The van der Waals surface area contributed by atoms with E-state index in [1.807, 2.05) is 0 Å². The molecule has 19 heavy (non-hydrogen) atoms. The van der Waals surface area contributed by atoms with Crippen molar-refractivity contribution < 1.29 is 9.53 Å². The third kappa shape index (κ3) is 3.38. The van der Waals surface area contributed by atoms with E-state index in [4.69, 9.17) is 4.74 Å². The third-order valence-corrected chi connectivity index (χ3v) is 4.30. The van der Waals surface area contributed by atoms with Gasteiger partial charge in [-0.1, -0.05) is 0 Å². The van der Waals surface area contributed by atoms with E-state index < -0.39 is 0 Å². The largest absolute Gasteiger partial charge is 0.381 e. The normalized spacial score (nSPS) is 18.5.